The number of para-hydroxylation sites is 1. The summed E-state index contributed by atoms with van der Waals surface area (Å²) in [4.78, 5) is 34.1. The van der Waals surface area contributed by atoms with Crippen LogP contribution < -0.4 is 15.0 Å². The minimum atomic E-state index is -0.467. The molecule has 7 heteroatoms. The van der Waals surface area contributed by atoms with Crippen molar-refractivity contribution in [2.45, 2.75) is 33.2 Å². The fraction of sp³-hybridized carbons (Fsp3) is 0.250. The van der Waals surface area contributed by atoms with Crippen LogP contribution in [0.1, 0.15) is 48.1 Å². The molecule has 0 spiro atoms. The fourth-order valence-corrected chi connectivity index (χ4v) is 4.49. The summed E-state index contributed by atoms with van der Waals surface area (Å²) in [7, 11) is 0. The second-order valence-electron chi connectivity index (χ2n) is 8.71. The highest BCUT2D eigenvalue weighted by Crippen LogP contribution is 2.34. The van der Waals surface area contributed by atoms with Gasteiger partial charge in [-0.1, -0.05) is 31.2 Å². The molecule has 0 aliphatic carbocycles. The van der Waals surface area contributed by atoms with E-state index in [2.05, 4.69) is 0 Å². The molecule has 2 heterocycles. The van der Waals surface area contributed by atoms with Crippen molar-refractivity contribution in [3.8, 4) is 17.2 Å². The molecule has 1 aliphatic heterocycles. The van der Waals surface area contributed by atoms with Crippen molar-refractivity contribution >= 4 is 16.8 Å². The second kappa shape index (κ2) is 9.25. The summed E-state index contributed by atoms with van der Waals surface area (Å²) in [6.07, 6.45) is 0.753. The van der Waals surface area contributed by atoms with Gasteiger partial charge >= 0.3 is 0 Å². The van der Waals surface area contributed by atoms with Gasteiger partial charge in [0.2, 0.25) is 6.79 Å². The van der Waals surface area contributed by atoms with Gasteiger partial charge in [-0.2, -0.15) is 0 Å². The Labute approximate surface area is 203 Å². The molecule has 35 heavy (non-hydrogen) atoms. The molecule has 0 radical (unpaired) electrons. The third kappa shape index (κ3) is 4.14. The first-order valence-electron chi connectivity index (χ1n) is 11.8. The SMILES string of the molecule is CCCN(C(=O)c1ccc2c(c1)OCO2)C(C)c1nc2ccccc2c(=O)n1-c1cccc(C)c1. The van der Waals surface area contributed by atoms with Gasteiger partial charge in [0.1, 0.15) is 5.82 Å². The highest BCUT2D eigenvalue weighted by molar-refractivity contribution is 5.95. The van der Waals surface area contributed by atoms with Crippen molar-refractivity contribution in [2.75, 3.05) is 13.3 Å². The molecule has 0 N–H and O–H groups in total. The number of rotatable bonds is 6. The van der Waals surface area contributed by atoms with E-state index in [1.54, 1.807) is 33.7 Å². The van der Waals surface area contributed by atoms with Crippen molar-refractivity contribution in [3.63, 3.8) is 0 Å². The van der Waals surface area contributed by atoms with Gasteiger partial charge in [0.15, 0.2) is 11.5 Å². The van der Waals surface area contributed by atoms with Crippen LogP contribution in [0.2, 0.25) is 0 Å². The Morgan fingerprint density at radius 3 is 2.66 bits per heavy atom. The summed E-state index contributed by atoms with van der Waals surface area (Å²) in [6.45, 7) is 6.58. The Morgan fingerprint density at radius 2 is 1.86 bits per heavy atom. The minimum Gasteiger partial charge on any atom is -0.454 e. The number of amides is 1. The first kappa shape index (κ1) is 22.7. The lowest BCUT2D eigenvalue weighted by Gasteiger charge is -2.30. The monoisotopic (exact) mass is 469 g/mol. The number of hydrogen-bond acceptors (Lipinski definition) is 5. The van der Waals surface area contributed by atoms with Crippen molar-refractivity contribution in [2.24, 2.45) is 0 Å². The molecule has 0 saturated carbocycles. The van der Waals surface area contributed by atoms with Crippen LogP contribution in [0.5, 0.6) is 11.5 Å². The van der Waals surface area contributed by atoms with Gasteiger partial charge in [0.25, 0.3) is 11.5 Å². The van der Waals surface area contributed by atoms with Gasteiger partial charge in [-0.3, -0.25) is 14.2 Å². The first-order valence-corrected chi connectivity index (χ1v) is 11.8. The highest BCUT2D eigenvalue weighted by Gasteiger charge is 2.28. The molecule has 0 bridgehead atoms. The molecule has 1 unspecified atom stereocenters. The number of hydrogen-bond donors (Lipinski definition) is 0. The van der Waals surface area contributed by atoms with Crippen LogP contribution in [0.3, 0.4) is 0 Å². The zero-order chi connectivity index (χ0) is 24.5. The molecule has 5 rings (SSSR count). The molecule has 1 amide bonds. The maximum Gasteiger partial charge on any atom is 0.266 e. The van der Waals surface area contributed by atoms with Gasteiger partial charge in [-0.05, 0) is 68.3 Å². The molecule has 0 fully saturated rings. The topological polar surface area (TPSA) is 73.7 Å². The lowest BCUT2D eigenvalue weighted by molar-refractivity contribution is 0.0681. The Kier molecular flexibility index (Phi) is 5.99. The highest BCUT2D eigenvalue weighted by atomic mass is 16.7. The summed E-state index contributed by atoms with van der Waals surface area (Å²) < 4.78 is 12.5. The third-order valence-corrected chi connectivity index (χ3v) is 6.25. The van der Waals surface area contributed by atoms with E-state index in [0.29, 0.717) is 40.3 Å². The van der Waals surface area contributed by atoms with Crippen molar-refractivity contribution < 1.29 is 14.3 Å². The summed E-state index contributed by atoms with van der Waals surface area (Å²) in [5.41, 5.74) is 2.70. The number of benzene rings is 3. The number of aryl methyl sites for hydroxylation is 1. The fourth-order valence-electron chi connectivity index (χ4n) is 4.49. The van der Waals surface area contributed by atoms with Gasteiger partial charge in [0.05, 0.1) is 22.6 Å². The first-order chi connectivity index (χ1) is 17.0. The quantitative estimate of drug-likeness (QED) is 0.396. The molecule has 7 nitrogen and oxygen atoms in total. The number of fused-ring (bicyclic) bond motifs is 2. The zero-order valence-electron chi connectivity index (χ0n) is 20.0. The van der Waals surface area contributed by atoms with E-state index in [4.69, 9.17) is 14.5 Å². The van der Waals surface area contributed by atoms with E-state index in [1.165, 1.54) is 0 Å². The Hall–Kier alpha value is -4.13. The van der Waals surface area contributed by atoms with Crippen LogP contribution in [0.15, 0.2) is 71.5 Å². The molecule has 0 saturated heterocycles. The van der Waals surface area contributed by atoms with E-state index in [0.717, 1.165) is 17.7 Å². The zero-order valence-corrected chi connectivity index (χ0v) is 20.0. The third-order valence-electron chi connectivity index (χ3n) is 6.25. The number of ether oxygens (including phenoxy) is 2. The predicted molar refractivity (Wildman–Crippen MR) is 134 cm³/mol. The molecule has 3 aromatic carbocycles. The molecule has 1 aromatic heterocycles. The number of aromatic nitrogens is 2. The smallest absolute Gasteiger partial charge is 0.266 e. The van der Waals surface area contributed by atoms with Crippen LogP contribution in [0, 0.1) is 6.92 Å². The lowest BCUT2D eigenvalue weighted by Crippen LogP contribution is -2.38. The van der Waals surface area contributed by atoms with Crippen molar-refractivity contribution in [3.05, 3.63) is 94.0 Å². The van der Waals surface area contributed by atoms with E-state index in [-0.39, 0.29) is 18.3 Å². The van der Waals surface area contributed by atoms with Crippen LogP contribution in [0.25, 0.3) is 16.6 Å². The van der Waals surface area contributed by atoms with Gasteiger partial charge in [-0.25, -0.2) is 4.98 Å². The summed E-state index contributed by atoms with van der Waals surface area (Å²) in [5.74, 6) is 1.54. The molecule has 1 aliphatic rings. The number of carbonyl (C=O) groups excluding carboxylic acids is 1. The predicted octanol–water partition coefficient (Wildman–Crippen LogP) is 5.04. The number of nitrogens with zero attached hydrogens (tertiary/aromatic N) is 3. The van der Waals surface area contributed by atoms with Gasteiger partial charge < -0.3 is 14.4 Å². The standard InChI is InChI=1S/C28H27N3O4/c1-4-14-30(27(32)20-12-13-24-25(16-20)35-17-34-24)19(3)26-29-23-11-6-5-10-22(23)28(33)31(26)21-9-7-8-18(2)15-21/h5-13,15-16,19H,4,14,17H2,1-3H3. The largest absolute Gasteiger partial charge is 0.454 e. The Bertz CT molecular complexity index is 1480. The van der Waals surface area contributed by atoms with Crippen molar-refractivity contribution in [1.29, 1.82) is 0 Å². The minimum absolute atomic E-state index is 0.145. The summed E-state index contributed by atoms with van der Waals surface area (Å²) in [5, 5.41) is 0.536. The maximum absolute atomic E-state index is 13.7. The average Bonchev–Trinajstić information content (AvgIpc) is 3.34. The van der Waals surface area contributed by atoms with Crippen LogP contribution in [0.4, 0.5) is 0 Å². The Balaban J connectivity index is 1.65. The Morgan fingerprint density at radius 1 is 1.06 bits per heavy atom. The molecular weight excluding hydrogens is 442 g/mol. The molecule has 1 atom stereocenters. The van der Waals surface area contributed by atoms with E-state index >= 15 is 0 Å². The van der Waals surface area contributed by atoms with Crippen LogP contribution in [-0.2, 0) is 0 Å². The van der Waals surface area contributed by atoms with E-state index in [1.807, 2.05) is 63.2 Å². The second-order valence-corrected chi connectivity index (χ2v) is 8.71. The van der Waals surface area contributed by atoms with Crippen LogP contribution >= 0.6 is 0 Å². The molecular formula is C28H27N3O4. The summed E-state index contributed by atoms with van der Waals surface area (Å²) in [6, 6.07) is 19.8. The van der Waals surface area contributed by atoms with Crippen molar-refractivity contribution in [1.82, 2.24) is 14.5 Å². The lowest BCUT2D eigenvalue weighted by atomic mass is 10.1. The molecule has 4 aromatic rings. The normalized spacial score (nSPS) is 13.1. The van der Waals surface area contributed by atoms with Gasteiger partial charge in [-0.15, -0.1) is 0 Å². The van der Waals surface area contributed by atoms with Gasteiger partial charge in [0, 0.05) is 12.1 Å². The number of carbonyl (C=O) groups is 1. The van der Waals surface area contributed by atoms with Crippen LogP contribution in [-0.4, -0.2) is 33.7 Å². The maximum atomic E-state index is 13.7. The summed E-state index contributed by atoms with van der Waals surface area (Å²) >= 11 is 0. The molecule has 178 valence electrons. The average molecular weight is 470 g/mol. The van der Waals surface area contributed by atoms with E-state index in [9.17, 15) is 9.59 Å². The van der Waals surface area contributed by atoms with E-state index < -0.39 is 6.04 Å².